The largest absolute Gasteiger partial charge is 0.427 e. The van der Waals surface area contributed by atoms with Gasteiger partial charge in [0.25, 0.3) is 0 Å². The van der Waals surface area contributed by atoms with Crippen molar-refractivity contribution in [2.24, 2.45) is 0 Å². The van der Waals surface area contributed by atoms with Crippen LogP contribution in [-0.4, -0.2) is 23.2 Å². The molecule has 0 fully saturated rings. The highest BCUT2D eigenvalue weighted by atomic mass is 35.5. The van der Waals surface area contributed by atoms with Crippen LogP contribution in [0.25, 0.3) is 6.08 Å². The number of aliphatic hydroxyl groups is 1. The summed E-state index contributed by atoms with van der Waals surface area (Å²) < 4.78 is 37.1. The van der Waals surface area contributed by atoms with Crippen molar-refractivity contribution < 1.29 is 23.1 Å². The number of rotatable bonds is 3. The normalized spacial score (nSPS) is 15.7. The lowest BCUT2D eigenvalue weighted by Gasteiger charge is -2.20. The number of halogens is 5. The Kier molecular flexibility index (Phi) is 4.42. The molecule has 0 aliphatic heterocycles. The Morgan fingerprint density at radius 3 is 2.22 bits per heavy atom. The fourth-order valence-corrected chi connectivity index (χ4v) is 1.35. The number of hydrogen-bond donors (Lipinski definition) is 1. The lowest BCUT2D eigenvalue weighted by atomic mass is 10.0. The molecule has 2 nitrogen and oxygen atoms in total. The van der Waals surface area contributed by atoms with Crippen LogP contribution < -0.4 is 0 Å². The average Bonchev–Trinajstić information content (AvgIpc) is 2.28. The average molecular weight is 299 g/mol. The molecule has 0 aliphatic rings. The highest BCUT2D eigenvalue weighted by Crippen LogP contribution is 2.31. The molecule has 0 saturated heterocycles. The van der Waals surface area contributed by atoms with E-state index in [1.165, 1.54) is 18.2 Å². The third-order valence-corrected chi connectivity index (χ3v) is 2.85. The summed E-state index contributed by atoms with van der Waals surface area (Å²) in [5, 5.41) is 9.50. The Hall–Kier alpha value is -1.04. The molecule has 0 aliphatic carbocycles. The molecule has 0 amide bonds. The molecule has 0 heterocycles. The van der Waals surface area contributed by atoms with Crippen LogP contribution in [0.3, 0.4) is 0 Å². The zero-order valence-corrected chi connectivity index (χ0v) is 10.2. The maximum Gasteiger partial charge on any atom is 0.427 e. The van der Waals surface area contributed by atoms with Gasteiger partial charge in [0.1, 0.15) is 0 Å². The number of carbonyl (C=O) groups excluding carboxylic acids is 1. The second kappa shape index (κ2) is 5.30. The van der Waals surface area contributed by atoms with Gasteiger partial charge in [-0.05, 0) is 23.8 Å². The van der Waals surface area contributed by atoms with Crippen LogP contribution in [0.2, 0.25) is 10.0 Å². The van der Waals surface area contributed by atoms with Gasteiger partial charge in [-0.25, -0.2) is 0 Å². The van der Waals surface area contributed by atoms with Crippen LogP contribution >= 0.6 is 23.2 Å². The molecule has 1 atom stereocenters. The van der Waals surface area contributed by atoms with Gasteiger partial charge in [-0.2, -0.15) is 13.2 Å². The van der Waals surface area contributed by atoms with E-state index in [-0.39, 0.29) is 15.6 Å². The van der Waals surface area contributed by atoms with Crippen molar-refractivity contribution in [3.8, 4) is 0 Å². The summed E-state index contributed by atoms with van der Waals surface area (Å²) in [6, 6.07) is 4.09. The zero-order chi connectivity index (χ0) is 14.0. The maximum atomic E-state index is 12.4. The van der Waals surface area contributed by atoms with Crippen LogP contribution in [0.4, 0.5) is 13.2 Å². The van der Waals surface area contributed by atoms with Crippen molar-refractivity contribution in [3.63, 3.8) is 0 Å². The van der Waals surface area contributed by atoms with Crippen LogP contribution in [0.5, 0.6) is 0 Å². The molecule has 1 unspecified atom stereocenters. The predicted octanol–water partition coefficient (Wildman–Crippen LogP) is 3.50. The van der Waals surface area contributed by atoms with Gasteiger partial charge in [-0.3, -0.25) is 4.79 Å². The van der Waals surface area contributed by atoms with Gasteiger partial charge in [0, 0.05) is 0 Å². The topological polar surface area (TPSA) is 37.3 Å². The summed E-state index contributed by atoms with van der Waals surface area (Å²) in [7, 11) is 0. The Morgan fingerprint density at radius 2 is 1.78 bits per heavy atom. The first-order valence-corrected chi connectivity index (χ1v) is 5.35. The molecular weight excluding hydrogens is 292 g/mol. The molecule has 0 saturated carbocycles. The molecule has 7 heteroatoms. The fourth-order valence-electron chi connectivity index (χ4n) is 1.04. The lowest BCUT2D eigenvalue weighted by Crippen LogP contribution is -2.44. The van der Waals surface area contributed by atoms with Crippen molar-refractivity contribution in [2.75, 3.05) is 0 Å². The monoisotopic (exact) mass is 298 g/mol. The molecule has 1 aromatic rings. The first-order valence-electron chi connectivity index (χ1n) is 4.59. The highest BCUT2D eigenvalue weighted by molar-refractivity contribution is 6.42. The van der Waals surface area contributed by atoms with E-state index in [1.54, 1.807) is 0 Å². The third kappa shape index (κ3) is 3.25. The van der Waals surface area contributed by atoms with E-state index in [1.807, 2.05) is 0 Å². The van der Waals surface area contributed by atoms with Crippen molar-refractivity contribution in [1.29, 1.82) is 0 Å². The number of aldehydes is 1. The minimum Gasteiger partial charge on any atom is -0.371 e. The van der Waals surface area contributed by atoms with Gasteiger partial charge < -0.3 is 5.11 Å². The van der Waals surface area contributed by atoms with Gasteiger partial charge in [0.05, 0.1) is 10.0 Å². The van der Waals surface area contributed by atoms with Crippen molar-refractivity contribution in [1.82, 2.24) is 0 Å². The van der Waals surface area contributed by atoms with Crippen molar-refractivity contribution >= 4 is 35.6 Å². The Morgan fingerprint density at radius 1 is 1.17 bits per heavy atom. The van der Waals surface area contributed by atoms with E-state index in [2.05, 4.69) is 0 Å². The first kappa shape index (κ1) is 15.0. The molecular formula is C11H7Cl2F3O2. The SMILES string of the molecule is O=CC(O)(/C=C/c1ccc(Cl)c(Cl)c1)C(F)(F)F. The van der Waals surface area contributed by atoms with E-state index >= 15 is 0 Å². The van der Waals surface area contributed by atoms with Crippen LogP contribution in [0, 0.1) is 0 Å². The van der Waals surface area contributed by atoms with Gasteiger partial charge in [-0.15, -0.1) is 0 Å². The quantitative estimate of drug-likeness (QED) is 0.867. The minimum atomic E-state index is -5.08. The van der Waals surface area contributed by atoms with Gasteiger partial charge in [-0.1, -0.05) is 35.3 Å². The van der Waals surface area contributed by atoms with Crippen LogP contribution in [0.1, 0.15) is 5.56 Å². The predicted molar refractivity (Wildman–Crippen MR) is 62.6 cm³/mol. The van der Waals surface area contributed by atoms with E-state index in [0.717, 1.165) is 6.08 Å². The molecule has 1 aromatic carbocycles. The fraction of sp³-hybridized carbons (Fsp3) is 0.182. The smallest absolute Gasteiger partial charge is 0.371 e. The van der Waals surface area contributed by atoms with Gasteiger partial charge >= 0.3 is 6.18 Å². The second-order valence-electron chi connectivity index (χ2n) is 3.45. The molecule has 1 rings (SSSR count). The number of alkyl halides is 3. The molecule has 0 spiro atoms. The molecule has 0 aromatic heterocycles. The number of carbonyl (C=O) groups is 1. The van der Waals surface area contributed by atoms with E-state index < -0.39 is 18.1 Å². The van der Waals surface area contributed by atoms with Crippen LogP contribution in [-0.2, 0) is 4.79 Å². The number of hydrogen-bond acceptors (Lipinski definition) is 2. The minimum absolute atomic E-state index is 0.153. The Balaban J connectivity index is 3.05. The van der Waals surface area contributed by atoms with Crippen molar-refractivity contribution in [3.05, 3.63) is 39.9 Å². The second-order valence-corrected chi connectivity index (χ2v) is 4.26. The Bertz CT molecular complexity index is 486. The third-order valence-electron chi connectivity index (χ3n) is 2.11. The van der Waals surface area contributed by atoms with Crippen molar-refractivity contribution in [2.45, 2.75) is 11.8 Å². The lowest BCUT2D eigenvalue weighted by molar-refractivity contribution is -0.226. The zero-order valence-electron chi connectivity index (χ0n) is 8.71. The summed E-state index contributed by atoms with van der Waals surface area (Å²) >= 11 is 11.3. The summed E-state index contributed by atoms with van der Waals surface area (Å²) in [6.07, 6.45) is -4.38. The molecule has 0 radical (unpaired) electrons. The van der Waals surface area contributed by atoms with E-state index in [4.69, 9.17) is 28.3 Å². The maximum absolute atomic E-state index is 12.4. The molecule has 18 heavy (non-hydrogen) atoms. The van der Waals surface area contributed by atoms with E-state index in [9.17, 15) is 18.0 Å². The summed E-state index contributed by atoms with van der Waals surface area (Å²) in [5.41, 5.74) is -3.24. The molecule has 98 valence electrons. The van der Waals surface area contributed by atoms with E-state index in [0.29, 0.717) is 6.08 Å². The number of benzene rings is 1. The summed E-state index contributed by atoms with van der Waals surface area (Å²) in [6.45, 7) is 0. The highest BCUT2D eigenvalue weighted by Gasteiger charge is 2.52. The summed E-state index contributed by atoms with van der Waals surface area (Å²) in [4.78, 5) is 10.3. The van der Waals surface area contributed by atoms with Crippen LogP contribution in [0.15, 0.2) is 24.3 Å². The van der Waals surface area contributed by atoms with Gasteiger partial charge in [0.15, 0.2) is 6.29 Å². The molecule has 1 N–H and O–H groups in total. The van der Waals surface area contributed by atoms with Gasteiger partial charge in [0.2, 0.25) is 5.60 Å². The Labute approximate surface area is 111 Å². The standard InChI is InChI=1S/C11H7Cl2F3O2/c12-8-2-1-7(5-9(8)13)3-4-10(18,6-17)11(14,15)16/h1-6,18H/b4-3+. The summed E-state index contributed by atoms with van der Waals surface area (Å²) in [5.74, 6) is 0. The first-order chi connectivity index (χ1) is 8.19. The molecule has 0 bridgehead atoms.